The van der Waals surface area contributed by atoms with Crippen molar-refractivity contribution in [1.82, 2.24) is 5.01 Å². The van der Waals surface area contributed by atoms with Gasteiger partial charge in [0.2, 0.25) is 0 Å². The molecule has 4 rings (SSSR count). The molecule has 2 aliphatic rings. The van der Waals surface area contributed by atoms with Crippen molar-refractivity contribution in [2.75, 3.05) is 5.01 Å². The van der Waals surface area contributed by atoms with Gasteiger partial charge in [-0.25, -0.2) is 5.01 Å². The van der Waals surface area contributed by atoms with Gasteiger partial charge in [-0.05, 0) is 49.9 Å². The Morgan fingerprint density at radius 2 is 0.793 bits per heavy atom. The SMILES string of the molecule is c1ccc(N(c2ccccc2)N(C2CCCCCCC2)C2CCCCCC2)cc1. The van der Waals surface area contributed by atoms with E-state index in [1.807, 2.05) is 0 Å². The van der Waals surface area contributed by atoms with Crippen molar-refractivity contribution < 1.29 is 0 Å². The van der Waals surface area contributed by atoms with Crippen LogP contribution in [0.5, 0.6) is 0 Å². The molecule has 0 saturated heterocycles. The van der Waals surface area contributed by atoms with Crippen molar-refractivity contribution in [3.05, 3.63) is 60.7 Å². The Balaban J connectivity index is 1.74. The predicted octanol–water partition coefficient (Wildman–Crippen LogP) is 7.88. The van der Waals surface area contributed by atoms with Gasteiger partial charge in [0.25, 0.3) is 0 Å². The van der Waals surface area contributed by atoms with Gasteiger partial charge in [0, 0.05) is 12.1 Å². The normalized spacial score (nSPS) is 20.0. The minimum Gasteiger partial charge on any atom is -0.274 e. The third-order valence-electron chi connectivity index (χ3n) is 6.88. The first-order valence-corrected chi connectivity index (χ1v) is 12.1. The van der Waals surface area contributed by atoms with E-state index in [2.05, 4.69) is 70.7 Å². The van der Waals surface area contributed by atoms with Crippen LogP contribution in [0.4, 0.5) is 11.4 Å². The molecular formula is C27H38N2. The Hall–Kier alpha value is -1.80. The fourth-order valence-electron chi connectivity index (χ4n) is 5.40. The molecule has 2 aromatic rings. The molecule has 156 valence electrons. The quantitative estimate of drug-likeness (QED) is 0.378. The van der Waals surface area contributed by atoms with E-state index >= 15 is 0 Å². The maximum atomic E-state index is 2.85. The van der Waals surface area contributed by atoms with E-state index in [0.29, 0.717) is 12.1 Å². The van der Waals surface area contributed by atoms with Crippen molar-refractivity contribution in [3.63, 3.8) is 0 Å². The average molecular weight is 391 g/mol. The summed E-state index contributed by atoms with van der Waals surface area (Å²) >= 11 is 0. The second kappa shape index (κ2) is 10.8. The number of anilines is 2. The number of hydrogen-bond acceptors (Lipinski definition) is 2. The summed E-state index contributed by atoms with van der Waals surface area (Å²) in [5.74, 6) is 0. The summed E-state index contributed by atoms with van der Waals surface area (Å²) < 4.78 is 0. The molecule has 2 aromatic carbocycles. The highest BCUT2D eigenvalue weighted by Gasteiger charge is 2.33. The van der Waals surface area contributed by atoms with Gasteiger partial charge in [-0.3, -0.25) is 5.01 Å². The largest absolute Gasteiger partial charge is 0.274 e. The van der Waals surface area contributed by atoms with Crippen LogP contribution in [0.15, 0.2) is 60.7 Å². The number of benzene rings is 2. The summed E-state index contributed by atoms with van der Waals surface area (Å²) in [4.78, 5) is 0. The number of rotatable bonds is 5. The standard InChI is InChI=1S/C27H38N2/c1-2-8-16-24(17-9-3-1)28(25-18-10-4-5-11-19-25)29(26-20-12-6-13-21-26)27-22-14-7-15-23-27/h6-7,12-15,20-25H,1-5,8-11,16-19H2. The van der Waals surface area contributed by atoms with E-state index in [-0.39, 0.29) is 0 Å². The smallest absolute Gasteiger partial charge is 0.0580 e. The van der Waals surface area contributed by atoms with Gasteiger partial charge in [0.15, 0.2) is 0 Å². The highest BCUT2D eigenvalue weighted by Crippen LogP contribution is 2.36. The lowest BCUT2D eigenvalue weighted by atomic mass is 9.94. The third kappa shape index (κ3) is 5.42. The Bertz CT molecular complexity index is 643. The van der Waals surface area contributed by atoms with E-state index in [1.165, 1.54) is 94.8 Å². The van der Waals surface area contributed by atoms with Crippen molar-refractivity contribution in [2.24, 2.45) is 0 Å². The summed E-state index contributed by atoms with van der Waals surface area (Å²) in [6.45, 7) is 0. The molecule has 2 saturated carbocycles. The summed E-state index contributed by atoms with van der Waals surface area (Å²) in [7, 11) is 0. The number of para-hydroxylation sites is 2. The van der Waals surface area contributed by atoms with Gasteiger partial charge in [-0.15, -0.1) is 0 Å². The van der Waals surface area contributed by atoms with E-state index in [1.54, 1.807) is 0 Å². The molecular weight excluding hydrogens is 352 g/mol. The molecule has 29 heavy (non-hydrogen) atoms. The van der Waals surface area contributed by atoms with Crippen molar-refractivity contribution in [3.8, 4) is 0 Å². The Morgan fingerprint density at radius 1 is 0.448 bits per heavy atom. The van der Waals surface area contributed by atoms with E-state index < -0.39 is 0 Å². The van der Waals surface area contributed by atoms with Crippen LogP contribution in [0.2, 0.25) is 0 Å². The van der Waals surface area contributed by atoms with Crippen LogP contribution in [0.1, 0.15) is 83.5 Å². The number of nitrogens with zero attached hydrogens (tertiary/aromatic N) is 2. The van der Waals surface area contributed by atoms with Gasteiger partial charge in [0.1, 0.15) is 0 Å². The van der Waals surface area contributed by atoms with Gasteiger partial charge >= 0.3 is 0 Å². The van der Waals surface area contributed by atoms with Gasteiger partial charge in [0.05, 0.1) is 11.4 Å². The molecule has 0 spiro atoms. The zero-order valence-electron chi connectivity index (χ0n) is 18.0. The van der Waals surface area contributed by atoms with Gasteiger partial charge in [-0.2, -0.15) is 0 Å². The molecule has 0 bridgehead atoms. The molecule has 2 fully saturated rings. The fourth-order valence-corrected chi connectivity index (χ4v) is 5.40. The molecule has 0 unspecified atom stereocenters. The number of hydrogen-bond donors (Lipinski definition) is 0. The van der Waals surface area contributed by atoms with Crippen LogP contribution in [-0.4, -0.2) is 17.1 Å². The maximum Gasteiger partial charge on any atom is 0.0580 e. The first-order valence-electron chi connectivity index (χ1n) is 12.1. The molecule has 2 nitrogen and oxygen atoms in total. The second-order valence-electron chi connectivity index (χ2n) is 9.01. The summed E-state index contributed by atoms with van der Waals surface area (Å²) in [6.07, 6.45) is 17.9. The van der Waals surface area contributed by atoms with Crippen LogP contribution < -0.4 is 5.01 Å². The lowest BCUT2D eigenvalue weighted by Crippen LogP contribution is -2.52. The van der Waals surface area contributed by atoms with Crippen LogP contribution >= 0.6 is 0 Å². The predicted molar refractivity (Wildman–Crippen MR) is 124 cm³/mol. The molecule has 0 radical (unpaired) electrons. The minimum atomic E-state index is 0.652. The lowest BCUT2D eigenvalue weighted by Gasteiger charge is -2.47. The maximum absolute atomic E-state index is 2.85. The minimum absolute atomic E-state index is 0.652. The van der Waals surface area contributed by atoms with Gasteiger partial charge in [-0.1, -0.05) is 94.2 Å². The lowest BCUT2D eigenvalue weighted by molar-refractivity contribution is 0.101. The monoisotopic (exact) mass is 390 g/mol. The topological polar surface area (TPSA) is 6.48 Å². The molecule has 0 amide bonds. The average Bonchev–Trinajstić information content (AvgIpc) is 3.03. The molecule has 0 aromatic heterocycles. The highest BCUT2D eigenvalue weighted by atomic mass is 15.6. The summed E-state index contributed by atoms with van der Waals surface area (Å²) in [5, 5.41) is 5.43. The van der Waals surface area contributed by atoms with E-state index in [4.69, 9.17) is 0 Å². The van der Waals surface area contributed by atoms with Gasteiger partial charge < -0.3 is 0 Å². The Labute approximate surface area is 177 Å². The van der Waals surface area contributed by atoms with Crippen molar-refractivity contribution in [2.45, 2.75) is 95.6 Å². The van der Waals surface area contributed by atoms with Crippen LogP contribution in [-0.2, 0) is 0 Å². The van der Waals surface area contributed by atoms with Crippen LogP contribution in [0.25, 0.3) is 0 Å². The third-order valence-corrected chi connectivity index (χ3v) is 6.88. The fraction of sp³-hybridized carbons (Fsp3) is 0.556. The molecule has 0 atom stereocenters. The second-order valence-corrected chi connectivity index (χ2v) is 9.01. The van der Waals surface area contributed by atoms with E-state index in [0.717, 1.165) is 0 Å². The first kappa shape index (κ1) is 20.5. The molecule has 0 N–H and O–H groups in total. The first-order chi connectivity index (χ1) is 14.4. The highest BCUT2D eigenvalue weighted by molar-refractivity contribution is 5.62. The summed E-state index contributed by atoms with van der Waals surface area (Å²) in [5.41, 5.74) is 2.62. The van der Waals surface area contributed by atoms with Crippen LogP contribution in [0.3, 0.4) is 0 Å². The molecule has 0 aliphatic heterocycles. The van der Waals surface area contributed by atoms with Crippen molar-refractivity contribution in [1.29, 1.82) is 0 Å². The van der Waals surface area contributed by atoms with Crippen LogP contribution in [0, 0.1) is 0 Å². The molecule has 0 heterocycles. The molecule has 2 heteroatoms. The zero-order chi connectivity index (χ0) is 19.7. The van der Waals surface area contributed by atoms with Crippen molar-refractivity contribution >= 4 is 11.4 Å². The van der Waals surface area contributed by atoms with E-state index in [9.17, 15) is 0 Å². The molecule has 2 aliphatic carbocycles. The Kier molecular flexibility index (Phi) is 7.64. The number of hydrazine groups is 1. The summed E-state index contributed by atoms with van der Waals surface area (Å²) in [6, 6.07) is 23.5. The Morgan fingerprint density at radius 3 is 1.17 bits per heavy atom. The zero-order valence-corrected chi connectivity index (χ0v) is 18.0.